The Bertz CT molecular complexity index is 413. The average molecular weight is 328 g/mol. The van der Waals surface area contributed by atoms with Crippen molar-refractivity contribution in [1.82, 2.24) is 16.0 Å². The topological polar surface area (TPSA) is 70.2 Å². The zero-order valence-electron chi connectivity index (χ0n) is 10.6. The van der Waals surface area contributed by atoms with E-state index in [4.69, 9.17) is 0 Å². The van der Waals surface area contributed by atoms with E-state index in [2.05, 4.69) is 31.9 Å². The fourth-order valence-corrected chi connectivity index (χ4v) is 2.01. The summed E-state index contributed by atoms with van der Waals surface area (Å²) in [6, 6.07) is 7.75. The minimum Gasteiger partial charge on any atom is -0.359 e. The lowest BCUT2D eigenvalue weighted by atomic mass is 10.1. The highest BCUT2D eigenvalue weighted by Gasteiger charge is 2.01. The fraction of sp³-hybridized carbons (Fsp3) is 0.385. The number of halogens is 1. The van der Waals surface area contributed by atoms with Gasteiger partial charge in [0.2, 0.25) is 6.41 Å². The quantitative estimate of drug-likeness (QED) is 0.499. The molecule has 6 heteroatoms. The van der Waals surface area contributed by atoms with Crippen molar-refractivity contribution in [1.29, 1.82) is 0 Å². The van der Waals surface area contributed by atoms with Gasteiger partial charge in [0.25, 0.3) is 0 Å². The Kier molecular flexibility index (Phi) is 7.65. The molecule has 0 heterocycles. The van der Waals surface area contributed by atoms with Gasteiger partial charge in [-0.25, -0.2) is 4.79 Å². The molecule has 0 saturated heterocycles. The van der Waals surface area contributed by atoms with Crippen LogP contribution in [-0.2, 0) is 11.2 Å². The predicted octanol–water partition coefficient (Wildman–Crippen LogP) is 1.43. The summed E-state index contributed by atoms with van der Waals surface area (Å²) in [5.41, 5.74) is 1.16. The van der Waals surface area contributed by atoms with E-state index in [1.54, 1.807) is 0 Å². The Morgan fingerprint density at radius 2 is 1.89 bits per heavy atom. The van der Waals surface area contributed by atoms with E-state index < -0.39 is 0 Å². The van der Waals surface area contributed by atoms with Crippen molar-refractivity contribution < 1.29 is 9.59 Å². The summed E-state index contributed by atoms with van der Waals surface area (Å²) in [5, 5.41) is 8.05. The number of rotatable bonds is 8. The third-order valence-corrected chi connectivity index (χ3v) is 3.28. The number of hydrogen-bond acceptors (Lipinski definition) is 2. The van der Waals surface area contributed by atoms with E-state index in [0.717, 1.165) is 22.9 Å². The smallest absolute Gasteiger partial charge is 0.314 e. The van der Waals surface area contributed by atoms with Crippen LogP contribution in [-0.4, -0.2) is 32.1 Å². The second-order valence-electron chi connectivity index (χ2n) is 3.95. The average Bonchev–Trinajstić information content (AvgIpc) is 2.41. The van der Waals surface area contributed by atoms with Crippen LogP contribution in [0.4, 0.5) is 4.79 Å². The number of benzene rings is 1. The molecule has 19 heavy (non-hydrogen) atoms. The molecule has 0 aliphatic heterocycles. The number of hydrogen-bond donors (Lipinski definition) is 3. The van der Waals surface area contributed by atoms with E-state index in [-0.39, 0.29) is 6.03 Å². The molecule has 0 aromatic heterocycles. The van der Waals surface area contributed by atoms with E-state index in [1.165, 1.54) is 0 Å². The number of carbonyl (C=O) groups is 2. The van der Waals surface area contributed by atoms with Crippen molar-refractivity contribution in [2.24, 2.45) is 0 Å². The van der Waals surface area contributed by atoms with Crippen LogP contribution >= 0.6 is 15.9 Å². The SMILES string of the molecule is O=CNCCCNC(=O)NCCc1ccccc1Br. The van der Waals surface area contributed by atoms with Gasteiger partial charge in [-0.3, -0.25) is 4.79 Å². The number of nitrogens with one attached hydrogen (secondary N) is 3. The highest BCUT2D eigenvalue weighted by molar-refractivity contribution is 9.10. The molecule has 3 N–H and O–H groups in total. The largest absolute Gasteiger partial charge is 0.359 e. The van der Waals surface area contributed by atoms with E-state index >= 15 is 0 Å². The van der Waals surface area contributed by atoms with Crippen molar-refractivity contribution >= 4 is 28.4 Å². The number of urea groups is 1. The summed E-state index contributed by atoms with van der Waals surface area (Å²) in [6.45, 7) is 1.70. The van der Waals surface area contributed by atoms with Gasteiger partial charge in [-0.05, 0) is 24.5 Å². The highest BCUT2D eigenvalue weighted by atomic mass is 79.9. The van der Waals surface area contributed by atoms with Gasteiger partial charge in [0.05, 0.1) is 0 Å². The first-order valence-corrected chi connectivity index (χ1v) is 6.95. The summed E-state index contributed by atoms with van der Waals surface area (Å²) < 4.78 is 1.05. The van der Waals surface area contributed by atoms with E-state index in [1.807, 2.05) is 24.3 Å². The molecule has 0 unspecified atom stereocenters. The Morgan fingerprint density at radius 3 is 2.63 bits per heavy atom. The molecule has 0 radical (unpaired) electrons. The molecule has 0 bridgehead atoms. The van der Waals surface area contributed by atoms with Crippen molar-refractivity contribution in [2.45, 2.75) is 12.8 Å². The minimum absolute atomic E-state index is 0.182. The molecule has 0 saturated carbocycles. The molecular formula is C13H18BrN3O2. The lowest BCUT2D eigenvalue weighted by Crippen LogP contribution is -2.37. The summed E-state index contributed by atoms with van der Waals surface area (Å²) >= 11 is 3.47. The molecule has 0 fully saturated rings. The van der Waals surface area contributed by atoms with Crippen LogP contribution in [0.25, 0.3) is 0 Å². The first-order valence-electron chi connectivity index (χ1n) is 6.16. The predicted molar refractivity (Wildman–Crippen MR) is 77.9 cm³/mol. The first kappa shape index (κ1) is 15.5. The van der Waals surface area contributed by atoms with E-state index in [0.29, 0.717) is 26.0 Å². The molecule has 5 nitrogen and oxygen atoms in total. The molecule has 1 aromatic carbocycles. The van der Waals surface area contributed by atoms with Crippen LogP contribution < -0.4 is 16.0 Å². The Hall–Kier alpha value is -1.56. The van der Waals surface area contributed by atoms with Crippen molar-refractivity contribution in [3.05, 3.63) is 34.3 Å². The third-order valence-electron chi connectivity index (χ3n) is 2.50. The molecule has 0 spiro atoms. The van der Waals surface area contributed by atoms with Crippen molar-refractivity contribution in [3.8, 4) is 0 Å². The Morgan fingerprint density at radius 1 is 1.16 bits per heavy atom. The molecule has 3 amide bonds. The van der Waals surface area contributed by atoms with Gasteiger partial charge < -0.3 is 16.0 Å². The lowest BCUT2D eigenvalue weighted by Gasteiger charge is -2.08. The van der Waals surface area contributed by atoms with Crippen LogP contribution in [0.2, 0.25) is 0 Å². The van der Waals surface area contributed by atoms with Crippen molar-refractivity contribution in [2.75, 3.05) is 19.6 Å². The molecule has 1 rings (SSSR count). The van der Waals surface area contributed by atoms with Crippen molar-refractivity contribution in [3.63, 3.8) is 0 Å². The van der Waals surface area contributed by atoms with Gasteiger partial charge in [0, 0.05) is 24.1 Å². The monoisotopic (exact) mass is 327 g/mol. The lowest BCUT2D eigenvalue weighted by molar-refractivity contribution is -0.109. The second kappa shape index (κ2) is 9.38. The first-order chi connectivity index (χ1) is 9.24. The maximum Gasteiger partial charge on any atom is 0.314 e. The molecule has 104 valence electrons. The van der Waals surface area contributed by atoms with Gasteiger partial charge in [0.1, 0.15) is 0 Å². The minimum atomic E-state index is -0.182. The maximum atomic E-state index is 11.4. The molecule has 0 aliphatic rings. The van der Waals surface area contributed by atoms with Crippen LogP contribution in [0, 0.1) is 0 Å². The van der Waals surface area contributed by atoms with Gasteiger partial charge in [-0.2, -0.15) is 0 Å². The molecular weight excluding hydrogens is 310 g/mol. The second-order valence-corrected chi connectivity index (χ2v) is 4.80. The summed E-state index contributed by atoms with van der Waals surface area (Å²) in [7, 11) is 0. The summed E-state index contributed by atoms with van der Waals surface area (Å²) in [5.74, 6) is 0. The molecule has 0 aliphatic carbocycles. The Labute approximate surface area is 121 Å². The third kappa shape index (κ3) is 6.81. The zero-order valence-corrected chi connectivity index (χ0v) is 12.2. The zero-order chi connectivity index (χ0) is 13.9. The normalized spacial score (nSPS) is 9.74. The van der Waals surface area contributed by atoms with Gasteiger partial charge in [-0.1, -0.05) is 34.1 Å². The van der Waals surface area contributed by atoms with Crippen LogP contribution in [0.5, 0.6) is 0 Å². The number of carbonyl (C=O) groups excluding carboxylic acids is 2. The van der Waals surface area contributed by atoms with Crippen LogP contribution in [0.1, 0.15) is 12.0 Å². The molecule has 0 atom stereocenters. The van der Waals surface area contributed by atoms with Crippen LogP contribution in [0.3, 0.4) is 0 Å². The van der Waals surface area contributed by atoms with Crippen LogP contribution in [0.15, 0.2) is 28.7 Å². The standard InChI is InChI=1S/C13H18BrN3O2/c14-12-5-2-1-4-11(12)6-9-17-13(19)16-8-3-7-15-10-18/h1-2,4-5,10H,3,6-9H2,(H,15,18)(H2,16,17,19). The maximum absolute atomic E-state index is 11.4. The van der Waals surface area contributed by atoms with Gasteiger partial charge in [-0.15, -0.1) is 0 Å². The highest BCUT2D eigenvalue weighted by Crippen LogP contribution is 2.15. The van der Waals surface area contributed by atoms with E-state index in [9.17, 15) is 9.59 Å². The Balaban J connectivity index is 2.10. The number of amides is 3. The van der Waals surface area contributed by atoms with Gasteiger partial charge >= 0.3 is 6.03 Å². The van der Waals surface area contributed by atoms with Gasteiger partial charge in [0.15, 0.2) is 0 Å². The fourth-order valence-electron chi connectivity index (χ4n) is 1.53. The molecule has 1 aromatic rings. The summed E-state index contributed by atoms with van der Waals surface area (Å²) in [4.78, 5) is 21.4. The summed E-state index contributed by atoms with van der Waals surface area (Å²) in [6.07, 6.45) is 2.15.